The van der Waals surface area contributed by atoms with E-state index in [2.05, 4.69) is 25.7 Å². The number of amides is 1. The lowest BCUT2D eigenvalue weighted by atomic mass is 10.0. The van der Waals surface area contributed by atoms with Crippen LogP contribution >= 0.6 is 0 Å². The molecule has 0 bridgehead atoms. The number of carbonyl (C=O) groups is 1. The largest absolute Gasteiger partial charge is 0.355 e. The van der Waals surface area contributed by atoms with Crippen LogP contribution in [0.15, 0.2) is 34.9 Å². The number of aromatic amines is 1. The molecule has 0 saturated carbocycles. The molecule has 0 aliphatic rings. The standard InChI is InChI=1S/C17H18FN5O2/c1-9(2)15(16-19-10(3)21-22-16)20-17(24)13-8-14(25-23-13)11-4-6-12(18)7-5-11/h4-9,15H,1-3H3,(H,20,24)(H,19,21,22)/t15-/m1/s1. The van der Waals surface area contributed by atoms with Gasteiger partial charge >= 0.3 is 0 Å². The van der Waals surface area contributed by atoms with Crippen LogP contribution < -0.4 is 5.32 Å². The van der Waals surface area contributed by atoms with Crippen molar-refractivity contribution in [2.24, 2.45) is 5.92 Å². The van der Waals surface area contributed by atoms with Gasteiger partial charge in [0.05, 0.1) is 6.04 Å². The first kappa shape index (κ1) is 16.8. The summed E-state index contributed by atoms with van der Waals surface area (Å²) < 4.78 is 18.2. The zero-order valence-electron chi connectivity index (χ0n) is 14.1. The molecule has 0 spiro atoms. The molecule has 0 fully saturated rings. The lowest BCUT2D eigenvalue weighted by molar-refractivity contribution is 0.0914. The third-order valence-electron chi connectivity index (χ3n) is 3.72. The van der Waals surface area contributed by atoms with E-state index in [-0.39, 0.29) is 23.5 Å². The van der Waals surface area contributed by atoms with Gasteiger partial charge in [0.15, 0.2) is 17.3 Å². The lowest BCUT2D eigenvalue weighted by Gasteiger charge is -2.18. The zero-order chi connectivity index (χ0) is 18.0. The Hall–Kier alpha value is -3.03. The highest BCUT2D eigenvalue weighted by Gasteiger charge is 2.24. The van der Waals surface area contributed by atoms with Crippen molar-refractivity contribution in [3.63, 3.8) is 0 Å². The Morgan fingerprint density at radius 1 is 1.28 bits per heavy atom. The van der Waals surface area contributed by atoms with Crippen LogP contribution in [0, 0.1) is 18.7 Å². The number of H-pyrrole nitrogens is 1. The number of hydrogen-bond acceptors (Lipinski definition) is 5. The monoisotopic (exact) mass is 343 g/mol. The van der Waals surface area contributed by atoms with Gasteiger partial charge in [0.1, 0.15) is 11.6 Å². The van der Waals surface area contributed by atoms with Gasteiger partial charge in [0.2, 0.25) is 0 Å². The first-order valence-electron chi connectivity index (χ1n) is 7.86. The summed E-state index contributed by atoms with van der Waals surface area (Å²) in [6.45, 7) is 5.72. The number of aryl methyl sites for hydroxylation is 1. The van der Waals surface area contributed by atoms with Crippen molar-refractivity contribution >= 4 is 5.91 Å². The van der Waals surface area contributed by atoms with Gasteiger partial charge in [-0.2, -0.15) is 5.10 Å². The Kier molecular flexibility index (Phi) is 4.60. The average molecular weight is 343 g/mol. The van der Waals surface area contributed by atoms with E-state index in [0.717, 1.165) is 0 Å². The lowest BCUT2D eigenvalue weighted by Crippen LogP contribution is -2.32. The molecule has 0 aliphatic heterocycles. The summed E-state index contributed by atoms with van der Waals surface area (Å²) in [6.07, 6.45) is 0. The van der Waals surface area contributed by atoms with E-state index >= 15 is 0 Å². The number of rotatable bonds is 5. The SMILES string of the molecule is Cc1nc([C@H](NC(=O)c2cc(-c3ccc(F)cc3)on2)C(C)C)n[nH]1. The summed E-state index contributed by atoms with van der Waals surface area (Å²) in [5.74, 6) is 0.932. The highest BCUT2D eigenvalue weighted by atomic mass is 19.1. The molecular weight excluding hydrogens is 325 g/mol. The molecule has 1 aromatic carbocycles. The smallest absolute Gasteiger partial charge is 0.274 e. The normalized spacial score (nSPS) is 12.4. The molecule has 2 N–H and O–H groups in total. The molecule has 0 unspecified atom stereocenters. The molecule has 1 amide bonds. The number of nitrogens with one attached hydrogen (secondary N) is 2. The van der Waals surface area contributed by atoms with Crippen molar-refractivity contribution < 1.29 is 13.7 Å². The van der Waals surface area contributed by atoms with Crippen molar-refractivity contribution in [2.45, 2.75) is 26.8 Å². The molecule has 0 aliphatic carbocycles. The number of halogens is 1. The summed E-state index contributed by atoms with van der Waals surface area (Å²) in [6, 6.07) is 6.91. The fourth-order valence-corrected chi connectivity index (χ4v) is 2.38. The summed E-state index contributed by atoms with van der Waals surface area (Å²) in [5.41, 5.74) is 0.773. The van der Waals surface area contributed by atoms with E-state index in [0.29, 0.717) is 23.0 Å². The predicted molar refractivity (Wildman–Crippen MR) is 88.1 cm³/mol. The highest BCUT2D eigenvalue weighted by molar-refractivity contribution is 5.93. The molecule has 130 valence electrons. The maximum absolute atomic E-state index is 13.0. The molecule has 1 atom stereocenters. The van der Waals surface area contributed by atoms with Crippen LogP contribution in [0.5, 0.6) is 0 Å². The Morgan fingerprint density at radius 3 is 2.60 bits per heavy atom. The quantitative estimate of drug-likeness (QED) is 0.742. The maximum Gasteiger partial charge on any atom is 0.274 e. The molecule has 3 aromatic rings. The van der Waals surface area contributed by atoms with Crippen LogP contribution in [0.4, 0.5) is 4.39 Å². The molecule has 3 rings (SSSR count). The van der Waals surface area contributed by atoms with Crippen LogP contribution in [0.25, 0.3) is 11.3 Å². The molecule has 7 nitrogen and oxygen atoms in total. The minimum absolute atomic E-state index is 0.0858. The van der Waals surface area contributed by atoms with Gasteiger partial charge in [0.25, 0.3) is 5.91 Å². The topological polar surface area (TPSA) is 96.7 Å². The van der Waals surface area contributed by atoms with Crippen LogP contribution in [0.1, 0.15) is 42.0 Å². The molecule has 2 aromatic heterocycles. The van der Waals surface area contributed by atoms with E-state index in [1.54, 1.807) is 19.1 Å². The first-order chi connectivity index (χ1) is 11.9. The minimum atomic E-state index is -0.390. The number of aromatic nitrogens is 4. The van der Waals surface area contributed by atoms with Crippen LogP contribution in [0.2, 0.25) is 0 Å². The third-order valence-corrected chi connectivity index (χ3v) is 3.72. The van der Waals surface area contributed by atoms with Gasteiger partial charge in [-0.1, -0.05) is 19.0 Å². The van der Waals surface area contributed by atoms with E-state index < -0.39 is 5.91 Å². The fraction of sp³-hybridized carbons (Fsp3) is 0.294. The van der Waals surface area contributed by atoms with Gasteiger partial charge in [0, 0.05) is 11.6 Å². The molecule has 2 heterocycles. The van der Waals surface area contributed by atoms with Crippen molar-refractivity contribution in [1.82, 2.24) is 25.7 Å². The molecular formula is C17H18FN5O2. The van der Waals surface area contributed by atoms with Crippen molar-refractivity contribution in [3.05, 3.63) is 53.5 Å². The maximum atomic E-state index is 13.0. The summed E-state index contributed by atoms with van der Waals surface area (Å²) >= 11 is 0. The number of nitrogens with zero attached hydrogens (tertiary/aromatic N) is 3. The van der Waals surface area contributed by atoms with Gasteiger partial charge in [-0.05, 0) is 37.1 Å². The van der Waals surface area contributed by atoms with Crippen molar-refractivity contribution in [2.75, 3.05) is 0 Å². The van der Waals surface area contributed by atoms with Gasteiger partial charge in [-0.15, -0.1) is 0 Å². The fourth-order valence-electron chi connectivity index (χ4n) is 2.38. The van der Waals surface area contributed by atoms with E-state index in [1.165, 1.54) is 18.2 Å². The average Bonchev–Trinajstić information content (AvgIpc) is 3.22. The Balaban J connectivity index is 1.77. The Labute approximate surface area is 143 Å². The van der Waals surface area contributed by atoms with Crippen molar-refractivity contribution in [1.29, 1.82) is 0 Å². The number of carbonyl (C=O) groups excluding carboxylic acids is 1. The minimum Gasteiger partial charge on any atom is -0.355 e. The zero-order valence-corrected chi connectivity index (χ0v) is 14.1. The molecule has 8 heteroatoms. The van der Waals surface area contributed by atoms with Crippen LogP contribution in [-0.4, -0.2) is 26.2 Å². The Bertz CT molecular complexity index is 869. The number of benzene rings is 1. The third kappa shape index (κ3) is 3.73. The first-order valence-corrected chi connectivity index (χ1v) is 7.86. The van der Waals surface area contributed by atoms with Crippen LogP contribution in [-0.2, 0) is 0 Å². The summed E-state index contributed by atoms with van der Waals surface area (Å²) in [4.78, 5) is 16.8. The predicted octanol–water partition coefficient (Wildman–Crippen LogP) is 3.03. The summed E-state index contributed by atoms with van der Waals surface area (Å²) in [7, 11) is 0. The summed E-state index contributed by atoms with van der Waals surface area (Å²) in [5, 5.41) is 13.6. The number of hydrogen-bond donors (Lipinski definition) is 2. The molecule has 25 heavy (non-hydrogen) atoms. The van der Waals surface area contributed by atoms with E-state index in [9.17, 15) is 9.18 Å². The second-order valence-electron chi connectivity index (χ2n) is 6.06. The molecule has 0 saturated heterocycles. The van der Waals surface area contributed by atoms with Gasteiger partial charge in [-0.25, -0.2) is 9.37 Å². The second kappa shape index (κ2) is 6.84. The Morgan fingerprint density at radius 2 is 2.00 bits per heavy atom. The van der Waals surface area contributed by atoms with Gasteiger partial charge < -0.3 is 9.84 Å². The van der Waals surface area contributed by atoms with E-state index in [4.69, 9.17) is 4.52 Å². The van der Waals surface area contributed by atoms with Crippen molar-refractivity contribution in [3.8, 4) is 11.3 Å². The highest BCUT2D eigenvalue weighted by Crippen LogP contribution is 2.22. The van der Waals surface area contributed by atoms with Gasteiger partial charge in [-0.3, -0.25) is 9.89 Å². The molecule has 0 radical (unpaired) electrons. The second-order valence-corrected chi connectivity index (χ2v) is 6.06. The van der Waals surface area contributed by atoms with Crippen LogP contribution in [0.3, 0.4) is 0 Å². The van der Waals surface area contributed by atoms with E-state index in [1.807, 2.05) is 13.8 Å².